The summed E-state index contributed by atoms with van der Waals surface area (Å²) in [6.07, 6.45) is 0.392. The number of furan rings is 2. The standard InChI is InChI=1S/C9H5O4Si/c10-9-7-4(2-11-9)8-6(12-3-14)1-5(7)13-8/h1H,2-3H2. The van der Waals surface area contributed by atoms with Crippen molar-refractivity contribution >= 4 is 27.4 Å². The lowest BCUT2D eigenvalue weighted by molar-refractivity contribution is 0.0534. The molecule has 0 saturated heterocycles. The molecule has 1 aliphatic heterocycles. The van der Waals surface area contributed by atoms with Crippen LogP contribution >= 0.6 is 0 Å². The molecule has 1 aliphatic rings. The highest BCUT2D eigenvalue weighted by Crippen LogP contribution is 2.40. The van der Waals surface area contributed by atoms with Crippen molar-refractivity contribution in [2.45, 2.75) is 6.61 Å². The molecule has 0 saturated carbocycles. The number of cyclic esters (lactones) is 1. The average Bonchev–Trinajstić information content (AvgIpc) is 2.78. The van der Waals surface area contributed by atoms with Crippen molar-refractivity contribution in [2.24, 2.45) is 0 Å². The fraction of sp³-hybridized carbons (Fsp3) is 0.222. The lowest BCUT2D eigenvalue weighted by atomic mass is 10.1. The molecule has 3 heterocycles. The third kappa shape index (κ3) is 0.798. The van der Waals surface area contributed by atoms with E-state index in [1.165, 1.54) is 0 Å². The summed E-state index contributed by atoms with van der Waals surface area (Å²) in [4.78, 5) is 11.2. The molecule has 3 rings (SSSR count). The molecule has 0 aliphatic carbocycles. The van der Waals surface area contributed by atoms with Crippen molar-refractivity contribution in [1.29, 1.82) is 0 Å². The zero-order chi connectivity index (χ0) is 9.71. The van der Waals surface area contributed by atoms with Gasteiger partial charge >= 0.3 is 5.97 Å². The minimum absolute atomic E-state index is 0.287. The van der Waals surface area contributed by atoms with Crippen LogP contribution in [0, 0.1) is 0 Å². The van der Waals surface area contributed by atoms with Crippen molar-refractivity contribution in [3.05, 3.63) is 17.2 Å². The largest absolute Gasteiger partial charge is 0.494 e. The van der Waals surface area contributed by atoms with Crippen LogP contribution in [0.4, 0.5) is 0 Å². The maximum atomic E-state index is 11.2. The average molecular weight is 205 g/mol. The summed E-state index contributed by atoms with van der Waals surface area (Å²) < 4.78 is 15.6. The number of rotatable bonds is 2. The Labute approximate surface area is 82.5 Å². The van der Waals surface area contributed by atoms with Crippen molar-refractivity contribution < 1.29 is 18.7 Å². The van der Waals surface area contributed by atoms with Gasteiger partial charge in [-0.3, -0.25) is 0 Å². The van der Waals surface area contributed by atoms with E-state index in [1.807, 2.05) is 0 Å². The summed E-state index contributed by atoms with van der Waals surface area (Å²) in [6.45, 7) is 0.287. The van der Waals surface area contributed by atoms with E-state index in [0.717, 1.165) is 5.56 Å². The molecule has 0 atom stereocenters. The van der Waals surface area contributed by atoms with Crippen molar-refractivity contribution in [3.8, 4) is 5.75 Å². The fourth-order valence-electron chi connectivity index (χ4n) is 1.73. The molecule has 14 heavy (non-hydrogen) atoms. The summed E-state index contributed by atoms with van der Waals surface area (Å²) in [5.41, 5.74) is 2.54. The summed E-state index contributed by atoms with van der Waals surface area (Å²) in [5, 5.41) is 0. The van der Waals surface area contributed by atoms with Gasteiger partial charge < -0.3 is 13.9 Å². The van der Waals surface area contributed by atoms with E-state index in [-0.39, 0.29) is 12.6 Å². The third-order valence-corrected chi connectivity index (χ3v) is 2.44. The Morgan fingerprint density at radius 3 is 3.21 bits per heavy atom. The highest BCUT2D eigenvalue weighted by molar-refractivity contribution is 6.08. The quantitative estimate of drug-likeness (QED) is 0.543. The summed E-state index contributed by atoms with van der Waals surface area (Å²) >= 11 is 0. The Hall–Kier alpha value is -1.49. The van der Waals surface area contributed by atoms with Crippen LogP contribution in [0.25, 0.3) is 11.2 Å². The molecule has 2 bridgehead atoms. The van der Waals surface area contributed by atoms with Crippen molar-refractivity contribution in [1.82, 2.24) is 0 Å². The fourth-order valence-corrected chi connectivity index (χ4v) is 1.88. The molecular formula is C9H5O4Si. The predicted molar refractivity (Wildman–Crippen MR) is 47.8 cm³/mol. The molecule has 0 N–H and O–H groups in total. The molecule has 2 aromatic rings. The number of benzene rings is 1. The third-order valence-electron chi connectivity index (χ3n) is 2.30. The van der Waals surface area contributed by atoms with Gasteiger partial charge in [-0.15, -0.1) is 0 Å². The van der Waals surface area contributed by atoms with Crippen LogP contribution in [0.3, 0.4) is 0 Å². The number of fused-ring (bicyclic) bond motifs is 5. The van der Waals surface area contributed by atoms with Crippen LogP contribution < -0.4 is 4.74 Å². The van der Waals surface area contributed by atoms with E-state index < -0.39 is 0 Å². The second-order valence-corrected chi connectivity index (χ2v) is 3.31. The van der Waals surface area contributed by atoms with Gasteiger partial charge in [-0.2, -0.15) is 0 Å². The summed E-state index contributed by atoms with van der Waals surface area (Å²) in [5.74, 6) is 0.353. The normalized spacial score (nSPS) is 14.8. The van der Waals surface area contributed by atoms with Gasteiger partial charge in [-0.05, 0) is 0 Å². The lowest BCUT2D eigenvalue weighted by Gasteiger charge is -1.99. The van der Waals surface area contributed by atoms with Crippen LogP contribution in [0.1, 0.15) is 15.9 Å². The van der Waals surface area contributed by atoms with Gasteiger partial charge in [0.1, 0.15) is 17.8 Å². The van der Waals surface area contributed by atoms with Gasteiger partial charge in [-0.1, -0.05) is 0 Å². The number of carbonyl (C=O) groups is 1. The molecule has 5 heteroatoms. The maximum Gasteiger partial charge on any atom is 0.342 e. The zero-order valence-corrected chi connectivity index (χ0v) is 8.12. The van der Waals surface area contributed by atoms with Crippen molar-refractivity contribution in [2.75, 3.05) is 6.23 Å². The molecule has 2 aromatic heterocycles. The number of ether oxygens (including phenoxy) is 2. The SMILES string of the molecule is O=C1OCc2c1c1cc(OC[Si])c2o1. The Morgan fingerprint density at radius 2 is 2.43 bits per heavy atom. The van der Waals surface area contributed by atoms with E-state index in [4.69, 9.17) is 13.9 Å². The van der Waals surface area contributed by atoms with Gasteiger partial charge in [0.15, 0.2) is 11.3 Å². The van der Waals surface area contributed by atoms with Gasteiger partial charge in [0, 0.05) is 6.07 Å². The molecule has 4 nitrogen and oxygen atoms in total. The van der Waals surface area contributed by atoms with E-state index in [0.29, 0.717) is 28.7 Å². The molecule has 3 radical (unpaired) electrons. The Morgan fingerprint density at radius 1 is 1.57 bits per heavy atom. The monoisotopic (exact) mass is 205 g/mol. The van der Waals surface area contributed by atoms with Crippen LogP contribution in [0.5, 0.6) is 5.75 Å². The first-order valence-corrected chi connectivity index (χ1v) is 4.84. The Balaban J connectivity index is 2.21. The topological polar surface area (TPSA) is 48.7 Å². The minimum atomic E-state index is -0.307. The molecule has 0 spiro atoms. The van der Waals surface area contributed by atoms with Crippen LogP contribution in [0.2, 0.25) is 0 Å². The zero-order valence-electron chi connectivity index (χ0n) is 7.12. The Kier molecular flexibility index (Phi) is 1.41. The van der Waals surface area contributed by atoms with Crippen LogP contribution in [-0.2, 0) is 11.3 Å². The predicted octanol–water partition coefficient (Wildman–Crippen LogP) is 1.05. The molecule has 0 unspecified atom stereocenters. The highest BCUT2D eigenvalue weighted by Gasteiger charge is 2.32. The maximum absolute atomic E-state index is 11.2. The molecule has 69 valence electrons. The van der Waals surface area contributed by atoms with Crippen molar-refractivity contribution in [3.63, 3.8) is 0 Å². The highest BCUT2D eigenvalue weighted by atomic mass is 28.1. The minimum Gasteiger partial charge on any atom is -0.494 e. The molecule has 0 aromatic carbocycles. The van der Waals surface area contributed by atoms with E-state index in [9.17, 15) is 4.79 Å². The van der Waals surface area contributed by atoms with E-state index in [1.54, 1.807) is 6.07 Å². The number of hydrogen-bond donors (Lipinski definition) is 0. The van der Waals surface area contributed by atoms with Gasteiger partial charge in [0.2, 0.25) is 0 Å². The van der Waals surface area contributed by atoms with Crippen LogP contribution in [-0.4, -0.2) is 22.4 Å². The summed E-state index contributed by atoms with van der Waals surface area (Å²) in [6, 6.07) is 1.71. The lowest BCUT2D eigenvalue weighted by Crippen LogP contribution is -1.96. The Bertz CT molecular complexity index is 501. The molecular weight excluding hydrogens is 200 g/mol. The molecule has 0 amide bonds. The smallest absolute Gasteiger partial charge is 0.342 e. The second kappa shape index (κ2) is 2.51. The molecule has 0 fully saturated rings. The first-order chi connectivity index (χ1) is 6.81. The number of esters is 1. The van der Waals surface area contributed by atoms with Gasteiger partial charge in [0.05, 0.1) is 22.0 Å². The number of carbonyl (C=O) groups excluding carboxylic acids is 1. The van der Waals surface area contributed by atoms with Gasteiger partial charge in [0.25, 0.3) is 0 Å². The number of hydrogen-bond acceptors (Lipinski definition) is 4. The van der Waals surface area contributed by atoms with Crippen LogP contribution in [0.15, 0.2) is 10.5 Å². The first kappa shape index (κ1) is 7.87. The van der Waals surface area contributed by atoms with E-state index in [2.05, 4.69) is 10.2 Å². The van der Waals surface area contributed by atoms with E-state index >= 15 is 0 Å². The first-order valence-electron chi connectivity index (χ1n) is 4.13. The van der Waals surface area contributed by atoms with Gasteiger partial charge in [-0.25, -0.2) is 4.79 Å². The summed E-state index contributed by atoms with van der Waals surface area (Å²) in [7, 11) is 3.21. The second-order valence-electron chi connectivity index (χ2n) is 3.02.